The molecule has 0 aliphatic heterocycles. The zero-order valence-corrected chi connectivity index (χ0v) is 20.0. The van der Waals surface area contributed by atoms with Crippen molar-refractivity contribution in [2.45, 2.75) is 79.1 Å². The summed E-state index contributed by atoms with van der Waals surface area (Å²) in [6, 6.07) is 0. The van der Waals surface area contributed by atoms with Gasteiger partial charge in [0.15, 0.2) is 0 Å². The zero-order valence-electron chi connectivity index (χ0n) is 15.9. The quantitative estimate of drug-likeness (QED) is 0.257. The van der Waals surface area contributed by atoms with Crippen molar-refractivity contribution >= 4 is 0 Å². The fraction of sp³-hybridized carbons (Fsp3) is 1.00. The van der Waals surface area contributed by atoms with E-state index in [0.717, 1.165) is 0 Å². The van der Waals surface area contributed by atoms with Gasteiger partial charge in [-0.05, 0) is 51.9 Å². The fourth-order valence-electron chi connectivity index (χ4n) is 2.48. The summed E-state index contributed by atoms with van der Waals surface area (Å²) in [5, 5.41) is 0. The van der Waals surface area contributed by atoms with Gasteiger partial charge in [0.05, 0.1) is 0 Å². The molecule has 0 bridgehead atoms. The van der Waals surface area contributed by atoms with Crippen LogP contribution in [0.2, 0.25) is 0 Å². The Hall–Kier alpha value is 1.40. The largest absolute Gasteiger partial charge is 2.00 e. The number of nitrogens with zero attached hydrogens (tertiary/aromatic N) is 2. The predicted molar refractivity (Wildman–Crippen MR) is 92.5 cm³/mol. The molecule has 0 aliphatic carbocycles. The minimum absolute atomic E-state index is 0. The molecule has 0 aromatic rings. The van der Waals surface area contributed by atoms with Crippen LogP contribution in [0.15, 0.2) is 0 Å². The summed E-state index contributed by atoms with van der Waals surface area (Å²) < 4.78 is 0. The summed E-state index contributed by atoms with van der Waals surface area (Å²) in [7, 11) is 0. The van der Waals surface area contributed by atoms with E-state index in [4.69, 9.17) is 0 Å². The standard InChI is InChI=1S/C18H40N2.2BrH.Cu/c1-5-9-13-19(14-10-6-2)17-18-20(15-11-7-3)16-12-8-4;;;/h5-18H2,1-4H3;2*1H;/q;;;+2/p-2. The van der Waals surface area contributed by atoms with Crippen LogP contribution < -0.4 is 34.0 Å². The third-order valence-corrected chi connectivity index (χ3v) is 4.04. The van der Waals surface area contributed by atoms with Crippen LogP contribution in [0.25, 0.3) is 0 Å². The first-order valence-corrected chi connectivity index (χ1v) is 9.23. The summed E-state index contributed by atoms with van der Waals surface area (Å²) in [5.41, 5.74) is 0. The van der Waals surface area contributed by atoms with Crippen LogP contribution in [-0.2, 0) is 17.1 Å². The van der Waals surface area contributed by atoms with E-state index in [0.29, 0.717) is 0 Å². The van der Waals surface area contributed by atoms with Crippen molar-refractivity contribution < 1.29 is 51.0 Å². The van der Waals surface area contributed by atoms with E-state index in [1.54, 1.807) is 0 Å². The molecule has 0 unspecified atom stereocenters. The number of hydrogen-bond acceptors (Lipinski definition) is 2. The van der Waals surface area contributed by atoms with E-state index < -0.39 is 0 Å². The Morgan fingerprint density at radius 3 is 0.826 bits per heavy atom. The van der Waals surface area contributed by atoms with Gasteiger partial charge in [0.1, 0.15) is 0 Å². The van der Waals surface area contributed by atoms with Gasteiger partial charge in [-0.25, -0.2) is 0 Å². The third kappa shape index (κ3) is 21.4. The molecule has 0 atom stereocenters. The minimum Gasteiger partial charge on any atom is -1.00 e. The van der Waals surface area contributed by atoms with Gasteiger partial charge in [-0.15, -0.1) is 0 Å². The topological polar surface area (TPSA) is 6.48 Å². The van der Waals surface area contributed by atoms with E-state index >= 15 is 0 Å². The Morgan fingerprint density at radius 2 is 0.652 bits per heavy atom. The first-order valence-electron chi connectivity index (χ1n) is 9.23. The van der Waals surface area contributed by atoms with Crippen molar-refractivity contribution in [1.29, 1.82) is 0 Å². The normalized spacial score (nSPS) is 10.2. The Bertz CT molecular complexity index is 162. The molecule has 23 heavy (non-hydrogen) atoms. The minimum atomic E-state index is 0. The molecule has 0 saturated carbocycles. The van der Waals surface area contributed by atoms with Gasteiger partial charge in [0, 0.05) is 13.1 Å². The van der Waals surface area contributed by atoms with E-state index in [1.165, 1.54) is 90.6 Å². The van der Waals surface area contributed by atoms with Gasteiger partial charge in [0.25, 0.3) is 0 Å². The molecule has 0 N–H and O–H groups in total. The summed E-state index contributed by atoms with van der Waals surface area (Å²) in [5.74, 6) is 0. The number of unbranched alkanes of at least 4 members (excludes halogenated alkanes) is 4. The molecule has 1 radical (unpaired) electrons. The molecule has 5 heteroatoms. The molecule has 0 aromatic heterocycles. The number of rotatable bonds is 15. The molecule has 0 spiro atoms. The van der Waals surface area contributed by atoms with Gasteiger partial charge < -0.3 is 43.8 Å². The van der Waals surface area contributed by atoms with Gasteiger partial charge >= 0.3 is 17.1 Å². The average molecular weight is 508 g/mol. The second-order valence-electron chi connectivity index (χ2n) is 6.10. The zero-order chi connectivity index (χ0) is 15.1. The van der Waals surface area contributed by atoms with Crippen LogP contribution in [-0.4, -0.2) is 49.1 Å². The molecule has 0 aliphatic rings. The Labute approximate surface area is 178 Å². The van der Waals surface area contributed by atoms with Crippen LogP contribution >= 0.6 is 0 Å². The molecular weight excluding hydrogens is 468 g/mol. The van der Waals surface area contributed by atoms with Crippen molar-refractivity contribution in [3.8, 4) is 0 Å². The van der Waals surface area contributed by atoms with Crippen LogP contribution in [0.3, 0.4) is 0 Å². The maximum Gasteiger partial charge on any atom is 2.00 e. The number of halogens is 2. The van der Waals surface area contributed by atoms with Gasteiger partial charge in [0.2, 0.25) is 0 Å². The first-order chi connectivity index (χ1) is 9.78. The smallest absolute Gasteiger partial charge is 1.00 e. The predicted octanol–water partition coefficient (Wildman–Crippen LogP) is -1.20. The van der Waals surface area contributed by atoms with Crippen molar-refractivity contribution in [1.82, 2.24) is 9.80 Å². The van der Waals surface area contributed by atoms with Crippen LogP contribution in [0, 0.1) is 0 Å². The summed E-state index contributed by atoms with van der Waals surface area (Å²) in [6.45, 7) is 16.9. The van der Waals surface area contributed by atoms with Crippen molar-refractivity contribution in [2.24, 2.45) is 0 Å². The maximum absolute atomic E-state index is 2.69. The van der Waals surface area contributed by atoms with Crippen molar-refractivity contribution in [3.63, 3.8) is 0 Å². The van der Waals surface area contributed by atoms with Gasteiger partial charge in [-0.3, -0.25) is 0 Å². The van der Waals surface area contributed by atoms with E-state index in [1.807, 2.05) is 0 Å². The van der Waals surface area contributed by atoms with Crippen LogP contribution in [0.1, 0.15) is 79.1 Å². The monoisotopic (exact) mass is 505 g/mol. The molecule has 0 saturated heterocycles. The van der Waals surface area contributed by atoms with E-state index in [2.05, 4.69) is 37.5 Å². The number of hydrogen-bond donors (Lipinski definition) is 0. The second-order valence-corrected chi connectivity index (χ2v) is 6.10. The molecule has 147 valence electrons. The molecule has 2 nitrogen and oxygen atoms in total. The first kappa shape index (κ1) is 32.1. The van der Waals surface area contributed by atoms with E-state index in [9.17, 15) is 0 Å². The molecule has 0 heterocycles. The van der Waals surface area contributed by atoms with Crippen molar-refractivity contribution in [3.05, 3.63) is 0 Å². The van der Waals surface area contributed by atoms with Crippen LogP contribution in [0.5, 0.6) is 0 Å². The molecule has 0 aromatic carbocycles. The average Bonchev–Trinajstić information content (AvgIpc) is 2.48. The summed E-state index contributed by atoms with van der Waals surface area (Å²) >= 11 is 0. The molecule has 0 rings (SSSR count). The fourth-order valence-corrected chi connectivity index (χ4v) is 2.48. The van der Waals surface area contributed by atoms with Gasteiger partial charge in [-0.2, -0.15) is 0 Å². The van der Waals surface area contributed by atoms with Crippen LogP contribution in [0.4, 0.5) is 0 Å². The molecular formula is C18H40Br2CuN2. The molecule has 0 fully saturated rings. The Morgan fingerprint density at radius 1 is 0.435 bits per heavy atom. The second kappa shape index (κ2) is 25.6. The SMILES string of the molecule is CCCCN(CCCC)CCN(CCCC)CCCC.[Br-].[Br-].[Cu+2]. The Kier molecular flexibility index (Phi) is 35.8. The Balaban J connectivity index is -0.000000602. The maximum atomic E-state index is 2.69. The summed E-state index contributed by atoms with van der Waals surface area (Å²) in [6.07, 6.45) is 10.7. The van der Waals surface area contributed by atoms with E-state index in [-0.39, 0.29) is 51.0 Å². The molecule has 0 amide bonds. The van der Waals surface area contributed by atoms with Crippen molar-refractivity contribution in [2.75, 3.05) is 39.3 Å². The third-order valence-electron chi connectivity index (χ3n) is 4.04. The summed E-state index contributed by atoms with van der Waals surface area (Å²) in [4.78, 5) is 5.38. The van der Waals surface area contributed by atoms with Gasteiger partial charge in [-0.1, -0.05) is 53.4 Å².